The van der Waals surface area contributed by atoms with Gasteiger partial charge in [0.25, 0.3) is 0 Å². The quantitative estimate of drug-likeness (QED) is 0.144. The molecule has 0 fully saturated rings. The summed E-state index contributed by atoms with van der Waals surface area (Å²) in [5.41, 5.74) is 0. The van der Waals surface area contributed by atoms with Gasteiger partial charge in [-0.2, -0.15) is 0 Å². The summed E-state index contributed by atoms with van der Waals surface area (Å²) in [5, 5.41) is 0. The van der Waals surface area contributed by atoms with Gasteiger partial charge in [0.15, 0.2) is 0 Å². The van der Waals surface area contributed by atoms with E-state index in [4.69, 9.17) is 19.3 Å². The third kappa shape index (κ3) is 20.8. The molecule has 0 saturated carbocycles. The third-order valence-corrected chi connectivity index (χ3v) is 6.33. The molecular weight excluding hydrogens is 411 g/mol. The highest BCUT2D eigenvalue weighted by Crippen LogP contribution is 2.35. The minimum Gasteiger partial charge on any atom is -0.494 e. The van der Waals surface area contributed by atoms with Crippen molar-refractivity contribution in [3.05, 3.63) is 30.3 Å². The molecule has 0 aliphatic heterocycles. The lowest BCUT2D eigenvalue weighted by Crippen LogP contribution is -1.97. The summed E-state index contributed by atoms with van der Waals surface area (Å²) in [5.74, 6) is 0.972. The van der Waals surface area contributed by atoms with E-state index in [-0.39, 0.29) is 6.16 Å². The van der Waals surface area contributed by atoms with Gasteiger partial charge < -0.3 is 19.3 Å². The summed E-state index contributed by atoms with van der Waals surface area (Å²) in [6, 6.07) is 10.0. The van der Waals surface area contributed by atoms with E-state index in [1.54, 1.807) is 0 Å². The Balaban J connectivity index is 1.68. The van der Waals surface area contributed by atoms with Gasteiger partial charge in [0.05, 0.1) is 6.61 Å². The lowest BCUT2D eigenvalue weighted by Gasteiger charge is -2.06. The standard InChI is InChI=1S/C25H45O5P/c26-31(27,28)24-18-11-7-6-9-16-22-29-21-15-8-4-2-1-3-5-10-17-23-30-25-19-13-12-14-20-25/h12-14,19-20H,1-11,15-18,21-24H2,(H2,26,27,28). The molecule has 0 aliphatic rings. The first kappa shape index (κ1) is 28.2. The largest absolute Gasteiger partial charge is 0.494 e. The molecule has 0 unspecified atom stereocenters. The Morgan fingerprint density at radius 3 is 1.48 bits per heavy atom. The van der Waals surface area contributed by atoms with Crippen molar-refractivity contribution in [2.45, 2.75) is 96.3 Å². The molecule has 0 amide bonds. The predicted octanol–water partition coefficient (Wildman–Crippen LogP) is 7.11. The van der Waals surface area contributed by atoms with E-state index in [9.17, 15) is 4.57 Å². The molecule has 180 valence electrons. The van der Waals surface area contributed by atoms with Gasteiger partial charge in [-0.15, -0.1) is 0 Å². The van der Waals surface area contributed by atoms with E-state index >= 15 is 0 Å². The molecule has 31 heavy (non-hydrogen) atoms. The van der Waals surface area contributed by atoms with Crippen LogP contribution >= 0.6 is 7.60 Å². The van der Waals surface area contributed by atoms with Crippen molar-refractivity contribution in [3.8, 4) is 5.75 Å². The van der Waals surface area contributed by atoms with Crippen molar-refractivity contribution in [1.29, 1.82) is 0 Å². The molecular formula is C25H45O5P. The summed E-state index contributed by atoms with van der Waals surface area (Å²) in [6.07, 6.45) is 17.5. The molecule has 1 aromatic rings. The van der Waals surface area contributed by atoms with Crippen LogP contribution in [0.3, 0.4) is 0 Å². The fraction of sp³-hybridized carbons (Fsp3) is 0.760. The molecule has 1 rings (SSSR count). The second-order valence-corrected chi connectivity index (χ2v) is 10.2. The van der Waals surface area contributed by atoms with E-state index < -0.39 is 7.60 Å². The number of ether oxygens (including phenoxy) is 2. The normalized spacial score (nSPS) is 11.7. The van der Waals surface area contributed by atoms with Gasteiger partial charge in [0.1, 0.15) is 5.75 Å². The third-order valence-electron chi connectivity index (χ3n) is 5.43. The predicted molar refractivity (Wildman–Crippen MR) is 129 cm³/mol. The van der Waals surface area contributed by atoms with Gasteiger partial charge in [-0.25, -0.2) is 0 Å². The van der Waals surface area contributed by atoms with Gasteiger partial charge in [0, 0.05) is 19.4 Å². The lowest BCUT2D eigenvalue weighted by molar-refractivity contribution is 0.125. The van der Waals surface area contributed by atoms with Crippen molar-refractivity contribution in [1.82, 2.24) is 0 Å². The van der Waals surface area contributed by atoms with Gasteiger partial charge in [-0.3, -0.25) is 4.57 Å². The highest BCUT2D eigenvalue weighted by Gasteiger charge is 2.10. The number of unbranched alkanes of at least 4 members (excludes halogenated alkanes) is 13. The molecule has 0 bridgehead atoms. The Hall–Kier alpha value is -0.870. The van der Waals surface area contributed by atoms with E-state index in [2.05, 4.69) is 0 Å². The Labute approximate surface area is 190 Å². The molecule has 0 radical (unpaired) electrons. The molecule has 0 saturated heterocycles. The molecule has 0 aliphatic carbocycles. The fourth-order valence-corrected chi connectivity index (χ4v) is 4.22. The van der Waals surface area contributed by atoms with Crippen LogP contribution in [0, 0.1) is 0 Å². The number of rotatable bonds is 22. The Morgan fingerprint density at radius 2 is 1.00 bits per heavy atom. The Kier molecular flexibility index (Phi) is 18.0. The molecule has 1 aromatic carbocycles. The van der Waals surface area contributed by atoms with Crippen molar-refractivity contribution in [2.24, 2.45) is 0 Å². The fourth-order valence-electron chi connectivity index (χ4n) is 3.58. The topological polar surface area (TPSA) is 76.0 Å². The Morgan fingerprint density at radius 1 is 0.581 bits per heavy atom. The highest BCUT2D eigenvalue weighted by molar-refractivity contribution is 7.51. The number of para-hydroxylation sites is 1. The van der Waals surface area contributed by atoms with Gasteiger partial charge in [-0.05, 0) is 37.8 Å². The van der Waals surface area contributed by atoms with Crippen molar-refractivity contribution in [3.63, 3.8) is 0 Å². The zero-order valence-electron chi connectivity index (χ0n) is 19.4. The summed E-state index contributed by atoms with van der Waals surface area (Å²) < 4.78 is 22.2. The average molecular weight is 457 g/mol. The van der Waals surface area contributed by atoms with Crippen LogP contribution < -0.4 is 4.74 Å². The first-order valence-electron chi connectivity index (χ1n) is 12.4. The zero-order chi connectivity index (χ0) is 22.5. The van der Waals surface area contributed by atoms with E-state index in [1.807, 2.05) is 30.3 Å². The minimum atomic E-state index is -3.79. The van der Waals surface area contributed by atoms with E-state index in [0.717, 1.165) is 64.1 Å². The Bertz CT molecular complexity index is 546. The summed E-state index contributed by atoms with van der Waals surface area (Å²) in [4.78, 5) is 17.6. The maximum atomic E-state index is 10.7. The lowest BCUT2D eigenvalue weighted by atomic mass is 10.1. The number of hydrogen-bond acceptors (Lipinski definition) is 3. The second-order valence-electron chi connectivity index (χ2n) is 8.47. The molecule has 0 heterocycles. The highest BCUT2D eigenvalue weighted by atomic mass is 31.2. The molecule has 0 aromatic heterocycles. The van der Waals surface area contributed by atoms with Gasteiger partial charge in [0.2, 0.25) is 0 Å². The van der Waals surface area contributed by atoms with Crippen LogP contribution in [0.15, 0.2) is 30.3 Å². The smallest absolute Gasteiger partial charge is 0.325 e. The molecule has 5 nitrogen and oxygen atoms in total. The summed E-state index contributed by atoms with van der Waals surface area (Å²) >= 11 is 0. The van der Waals surface area contributed by atoms with Crippen LogP contribution in [0.5, 0.6) is 5.75 Å². The number of hydrogen-bond donors (Lipinski definition) is 2. The SMILES string of the molecule is O=P(O)(O)CCCCCCCCOCCCCCCCCCCCOc1ccccc1. The van der Waals surface area contributed by atoms with E-state index in [0.29, 0.717) is 6.42 Å². The molecule has 0 atom stereocenters. The van der Waals surface area contributed by atoms with Crippen LogP contribution in [0.25, 0.3) is 0 Å². The summed E-state index contributed by atoms with van der Waals surface area (Å²) in [6.45, 7) is 2.55. The first-order valence-corrected chi connectivity index (χ1v) is 14.2. The van der Waals surface area contributed by atoms with Crippen molar-refractivity contribution in [2.75, 3.05) is 26.0 Å². The van der Waals surface area contributed by atoms with Crippen LogP contribution in [-0.2, 0) is 9.30 Å². The monoisotopic (exact) mass is 456 g/mol. The maximum absolute atomic E-state index is 10.7. The summed E-state index contributed by atoms with van der Waals surface area (Å²) in [7, 11) is -3.79. The average Bonchev–Trinajstić information content (AvgIpc) is 2.75. The minimum absolute atomic E-state index is 0.0285. The van der Waals surface area contributed by atoms with Gasteiger partial charge >= 0.3 is 7.60 Å². The van der Waals surface area contributed by atoms with Crippen LogP contribution in [-0.4, -0.2) is 35.8 Å². The molecule has 6 heteroatoms. The van der Waals surface area contributed by atoms with Crippen molar-refractivity contribution >= 4 is 7.60 Å². The van der Waals surface area contributed by atoms with Crippen LogP contribution in [0.4, 0.5) is 0 Å². The number of benzene rings is 1. The zero-order valence-corrected chi connectivity index (χ0v) is 20.3. The van der Waals surface area contributed by atoms with Crippen molar-refractivity contribution < 1.29 is 23.8 Å². The second kappa shape index (κ2) is 19.8. The molecule has 2 N–H and O–H groups in total. The molecule has 0 spiro atoms. The van der Waals surface area contributed by atoms with Gasteiger partial charge in [-0.1, -0.05) is 88.8 Å². The first-order chi connectivity index (χ1) is 15.1. The van der Waals surface area contributed by atoms with Crippen LogP contribution in [0.1, 0.15) is 96.3 Å². The maximum Gasteiger partial charge on any atom is 0.325 e. The van der Waals surface area contributed by atoms with Crippen LogP contribution in [0.2, 0.25) is 0 Å². The van der Waals surface area contributed by atoms with E-state index in [1.165, 1.54) is 51.4 Å².